The van der Waals surface area contributed by atoms with Gasteiger partial charge in [0, 0.05) is 35.2 Å². The minimum absolute atomic E-state index is 0.663. The highest BCUT2D eigenvalue weighted by Gasteiger charge is 2.15. The predicted octanol–water partition coefficient (Wildman–Crippen LogP) is 7.95. The van der Waals surface area contributed by atoms with Gasteiger partial charge in [-0.05, 0) is 72.1 Å². The molecule has 0 aliphatic carbocycles. The summed E-state index contributed by atoms with van der Waals surface area (Å²) >= 11 is 0. The Kier molecular flexibility index (Phi) is 5.49. The largest absolute Gasteiger partial charge is 0.345 e. The number of hydrogen-bond donors (Lipinski definition) is 0. The lowest BCUT2D eigenvalue weighted by atomic mass is 10.1. The Hall–Kier alpha value is -4.55. The zero-order valence-corrected chi connectivity index (χ0v) is 18.4. The van der Waals surface area contributed by atoms with Crippen molar-refractivity contribution in [2.75, 3.05) is 16.8 Å². The highest BCUT2D eigenvalue weighted by Crippen LogP contribution is 2.39. The lowest BCUT2D eigenvalue weighted by molar-refractivity contribution is 1.20. The quantitative estimate of drug-likeness (QED) is 0.286. The van der Waals surface area contributed by atoms with Crippen LogP contribution in [0.4, 0.5) is 28.4 Å². The van der Waals surface area contributed by atoms with Gasteiger partial charge in [-0.15, -0.1) is 0 Å². The molecule has 0 amide bonds. The zero-order valence-electron chi connectivity index (χ0n) is 18.4. The van der Waals surface area contributed by atoms with Gasteiger partial charge in [0.25, 0.3) is 0 Å². The summed E-state index contributed by atoms with van der Waals surface area (Å²) < 4.78 is 0. The Labute approximate surface area is 194 Å². The molecule has 0 saturated heterocycles. The molecule has 158 valence electrons. The normalized spacial score (nSPS) is 10.5. The number of nitriles is 1. The number of fused-ring (bicyclic) bond motifs is 1. The second-order valence-corrected chi connectivity index (χ2v) is 7.90. The second kappa shape index (κ2) is 8.90. The van der Waals surface area contributed by atoms with Crippen molar-refractivity contribution in [2.24, 2.45) is 0 Å². The van der Waals surface area contributed by atoms with E-state index in [2.05, 4.69) is 107 Å². The van der Waals surface area contributed by atoms with Crippen LogP contribution in [0.5, 0.6) is 0 Å². The molecule has 33 heavy (non-hydrogen) atoms. The lowest BCUT2D eigenvalue weighted by Gasteiger charge is -2.27. The highest BCUT2D eigenvalue weighted by molar-refractivity contribution is 5.98. The molecule has 0 aliphatic heterocycles. The molecular formula is C30H23N3. The summed E-state index contributed by atoms with van der Waals surface area (Å²) in [5.74, 6) is 0. The van der Waals surface area contributed by atoms with Crippen LogP contribution in [0.2, 0.25) is 0 Å². The van der Waals surface area contributed by atoms with Crippen molar-refractivity contribution >= 4 is 39.2 Å². The fourth-order valence-corrected chi connectivity index (χ4v) is 4.14. The topological polar surface area (TPSA) is 30.3 Å². The molecule has 0 radical (unpaired) electrons. The number of benzene rings is 5. The van der Waals surface area contributed by atoms with Crippen molar-refractivity contribution in [3.8, 4) is 6.07 Å². The Morgan fingerprint density at radius 1 is 0.545 bits per heavy atom. The molecule has 5 aromatic rings. The smallest absolute Gasteiger partial charge is 0.0991 e. The van der Waals surface area contributed by atoms with Crippen molar-refractivity contribution < 1.29 is 0 Å². The van der Waals surface area contributed by atoms with Crippen LogP contribution in [-0.2, 0) is 0 Å². The van der Waals surface area contributed by atoms with Gasteiger partial charge in [-0.3, -0.25) is 0 Å². The lowest BCUT2D eigenvalue weighted by Crippen LogP contribution is -2.12. The summed E-state index contributed by atoms with van der Waals surface area (Å²) in [6.45, 7) is 0. The van der Waals surface area contributed by atoms with Crippen molar-refractivity contribution in [1.29, 1.82) is 5.26 Å². The third-order valence-corrected chi connectivity index (χ3v) is 5.90. The summed E-state index contributed by atoms with van der Waals surface area (Å²) in [5.41, 5.74) is 6.13. The van der Waals surface area contributed by atoms with Crippen LogP contribution >= 0.6 is 0 Å². The minimum Gasteiger partial charge on any atom is -0.345 e. The van der Waals surface area contributed by atoms with Gasteiger partial charge in [0.15, 0.2) is 0 Å². The van der Waals surface area contributed by atoms with E-state index in [9.17, 15) is 0 Å². The van der Waals surface area contributed by atoms with E-state index in [1.807, 2.05) is 37.4 Å². The zero-order chi connectivity index (χ0) is 22.6. The van der Waals surface area contributed by atoms with E-state index in [0.29, 0.717) is 5.56 Å². The van der Waals surface area contributed by atoms with Crippen LogP contribution < -0.4 is 9.80 Å². The van der Waals surface area contributed by atoms with Gasteiger partial charge < -0.3 is 9.80 Å². The van der Waals surface area contributed by atoms with E-state index in [1.165, 1.54) is 10.8 Å². The van der Waals surface area contributed by atoms with Gasteiger partial charge in [-0.25, -0.2) is 0 Å². The van der Waals surface area contributed by atoms with Crippen molar-refractivity contribution in [1.82, 2.24) is 0 Å². The van der Waals surface area contributed by atoms with Gasteiger partial charge in [0.1, 0.15) is 0 Å². The number of anilines is 5. The minimum atomic E-state index is 0.663. The molecule has 0 saturated carbocycles. The standard InChI is InChI=1S/C30H23N3/c1-32(25-16-14-23(22-31)15-17-25)26-18-20-28(21-19-26)33(27-10-3-2-4-11-27)30-13-7-9-24-8-5-6-12-29(24)30/h2-21H,1H3. The van der Waals surface area contributed by atoms with Gasteiger partial charge in [0.05, 0.1) is 17.3 Å². The molecule has 5 aromatic carbocycles. The molecule has 0 spiro atoms. The first-order valence-corrected chi connectivity index (χ1v) is 10.9. The van der Waals surface area contributed by atoms with Gasteiger partial charge in [-0.2, -0.15) is 5.26 Å². The van der Waals surface area contributed by atoms with E-state index in [0.717, 1.165) is 28.4 Å². The SMILES string of the molecule is CN(c1ccc(C#N)cc1)c1ccc(N(c2ccccc2)c2cccc3ccccc23)cc1. The average Bonchev–Trinajstić information content (AvgIpc) is 2.90. The maximum absolute atomic E-state index is 9.05. The van der Waals surface area contributed by atoms with Crippen LogP contribution in [0.15, 0.2) is 121 Å². The molecule has 0 heterocycles. The van der Waals surface area contributed by atoms with E-state index in [-0.39, 0.29) is 0 Å². The summed E-state index contributed by atoms with van der Waals surface area (Å²) in [7, 11) is 2.04. The predicted molar refractivity (Wildman–Crippen MR) is 138 cm³/mol. The first kappa shape index (κ1) is 20.4. The molecule has 0 aliphatic rings. The molecule has 3 nitrogen and oxygen atoms in total. The molecule has 0 atom stereocenters. The average molecular weight is 426 g/mol. The number of hydrogen-bond acceptors (Lipinski definition) is 3. The fourth-order valence-electron chi connectivity index (χ4n) is 4.14. The maximum atomic E-state index is 9.05. The molecule has 3 heteroatoms. The third-order valence-electron chi connectivity index (χ3n) is 5.90. The number of nitrogens with zero attached hydrogens (tertiary/aromatic N) is 3. The molecule has 0 unspecified atom stereocenters. The van der Waals surface area contributed by atoms with Crippen LogP contribution in [0.3, 0.4) is 0 Å². The van der Waals surface area contributed by atoms with E-state index in [1.54, 1.807) is 0 Å². The molecule has 0 aromatic heterocycles. The van der Waals surface area contributed by atoms with Gasteiger partial charge >= 0.3 is 0 Å². The summed E-state index contributed by atoms with van der Waals surface area (Å²) in [4.78, 5) is 4.42. The summed E-state index contributed by atoms with van der Waals surface area (Å²) in [6.07, 6.45) is 0. The Morgan fingerprint density at radius 2 is 1.09 bits per heavy atom. The van der Waals surface area contributed by atoms with E-state index in [4.69, 9.17) is 5.26 Å². The van der Waals surface area contributed by atoms with Crippen LogP contribution in [0.25, 0.3) is 10.8 Å². The fraction of sp³-hybridized carbons (Fsp3) is 0.0333. The molecule has 5 rings (SSSR count). The van der Waals surface area contributed by atoms with Crippen LogP contribution in [0, 0.1) is 11.3 Å². The first-order valence-electron chi connectivity index (χ1n) is 10.9. The number of para-hydroxylation sites is 1. The molecule has 0 fully saturated rings. The maximum Gasteiger partial charge on any atom is 0.0991 e. The van der Waals surface area contributed by atoms with E-state index < -0.39 is 0 Å². The monoisotopic (exact) mass is 425 g/mol. The summed E-state index contributed by atoms with van der Waals surface area (Å²) in [5, 5.41) is 11.5. The molecule has 0 bridgehead atoms. The third kappa shape index (κ3) is 4.03. The summed E-state index contributed by atoms with van der Waals surface area (Å²) in [6, 6.07) is 43.8. The Balaban J connectivity index is 1.56. The van der Waals surface area contributed by atoms with Crippen LogP contribution in [0.1, 0.15) is 5.56 Å². The van der Waals surface area contributed by atoms with Gasteiger partial charge in [0.2, 0.25) is 0 Å². The van der Waals surface area contributed by atoms with Crippen LogP contribution in [-0.4, -0.2) is 7.05 Å². The Bertz CT molecular complexity index is 1410. The van der Waals surface area contributed by atoms with Crippen molar-refractivity contribution in [2.45, 2.75) is 0 Å². The second-order valence-electron chi connectivity index (χ2n) is 7.90. The highest BCUT2D eigenvalue weighted by atomic mass is 15.1. The van der Waals surface area contributed by atoms with Crippen molar-refractivity contribution in [3.63, 3.8) is 0 Å². The van der Waals surface area contributed by atoms with E-state index >= 15 is 0 Å². The number of rotatable bonds is 5. The Morgan fingerprint density at radius 3 is 1.79 bits per heavy atom. The molecular weight excluding hydrogens is 402 g/mol. The first-order chi connectivity index (χ1) is 16.2. The molecule has 0 N–H and O–H groups in total. The van der Waals surface area contributed by atoms with Gasteiger partial charge in [-0.1, -0.05) is 54.6 Å². The van der Waals surface area contributed by atoms with Crippen molar-refractivity contribution in [3.05, 3.63) is 127 Å².